The zero-order valence-corrected chi connectivity index (χ0v) is 10.9. The van der Waals surface area contributed by atoms with E-state index in [1.807, 2.05) is 54.5 Å². The van der Waals surface area contributed by atoms with Crippen molar-refractivity contribution in [2.24, 2.45) is 0 Å². The molecule has 0 N–H and O–H groups in total. The van der Waals surface area contributed by atoms with Gasteiger partial charge in [0.15, 0.2) is 5.60 Å². The van der Waals surface area contributed by atoms with E-state index in [9.17, 15) is 8.78 Å². The van der Waals surface area contributed by atoms with E-state index in [2.05, 4.69) is 5.92 Å². The first-order chi connectivity index (χ1) is 9.69. The number of fused-ring (bicyclic) bond motifs is 3. The van der Waals surface area contributed by atoms with Crippen molar-refractivity contribution in [1.29, 1.82) is 0 Å². The van der Waals surface area contributed by atoms with Crippen LogP contribution in [0.3, 0.4) is 0 Å². The van der Waals surface area contributed by atoms with Gasteiger partial charge < -0.3 is 4.74 Å². The molecule has 0 atom stereocenters. The summed E-state index contributed by atoms with van der Waals surface area (Å²) in [4.78, 5) is 0. The molecule has 3 heteroatoms. The second-order valence-corrected chi connectivity index (χ2v) is 4.55. The lowest BCUT2D eigenvalue weighted by atomic mass is 9.92. The molecule has 100 valence electrons. The highest BCUT2D eigenvalue weighted by molar-refractivity contribution is 5.82. The number of methoxy groups -OCH3 is 1. The number of benzene rings is 2. The molecule has 0 saturated heterocycles. The molecule has 20 heavy (non-hydrogen) atoms. The lowest BCUT2D eigenvalue weighted by Gasteiger charge is -2.24. The van der Waals surface area contributed by atoms with Crippen molar-refractivity contribution < 1.29 is 13.5 Å². The predicted octanol–water partition coefficient (Wildman–Crippen LogP) is 3.83. The van der Waals surface area contributed by atoms with E-state index in [4.69, 9.17) is 4.74 Å². The van der Waals surface area contributed by atoms with Crippen LogP contribution in [-0.2, 0) is 10.3 Å². The highest BCUT2D eigenvalue weighted by atomic mass is 19.3. The van der Waals surface area contributed by atoms with Gasteiger partial charge in [0.1, 0.15) is 0 Å². The molecule has 2 aromatic carbocycles. The first-order valence-electron chi connectivity index (χ1n) is 6.24. The van der Waals surface area contributed by atoms with Crippen LogP contribution in [0.2, 0.25) is 0 Å². The number of halogens is 2. The Morgan fingerprint density at radius 3 is 1.90 bits per heavy atom. The quantitative estimate of drug-likeness (QED) is 0.716. The number of hydrogen-bond donors (Lipinski definition) is 0. The molecule has 1 aliphatic rings. The Morgan fingerprint density at radius 1 is 0.950 bits per heavy atom. The molecule has 0 radical (unpaired) electrons. The van der Waals surface area contributed by atoms with E-state index in [0.29, 0.717) is 0 Å². The van der Waals surface area contributed by atoms with Gasteiger partial charge in [0.05, 0.1) is 0 Å². The lowest BCUT2D eigenvalue weighted by Crippen LogP contribution is -2.25. The van der Waals surface area contributed by atoms with Crippen LogP contribution in [-0.4, -0.2) is 13.5 Å². The largest absolute Gasteiger partial charge is 0.357 e. The molecular weight excluding hydrogens is 258 g/mol. The van der Waals surface area contributed by atoms with Gasteiger partial charge in [0, 0.05) is 18.2 Å². The highest BCUT2D eigenvalue weighted by Gasteiger charge is 2.42. The fourth-order valence-corrected chi connectivity index (χ4v) is 2.76. The molecule has 3 rings (SSSR count). The molecule has 0 amide bonds. The van der Waals surface area contributed by atoms with Gasteiger partial charge in [-0.1, -0.05) is 54.5 Å². The SMILES string of the molecule is COC1(C#CC(F)F)c2ccccc2-c2ccccc21. The third-order valence-corrected chi connectivity index (χ3v) is 3.57. The second-order valence-electron chi connectivity index (χ2n) is 4.55. The van der Waals surface area contributed by atoms with Crippen LogP contribution in [0.15, 0.2) is 48.5 Å². The molecule has 0 aliphatic heterocycles. The Balaban J connectivity index is 2.32. The molecule has 0 heterocycles. The van der Waals surface area contributed by atoms with Gasteiger partial charge in [-0.3, -0.25) is 0 Å². The number of rotatable bonds is 1. The fraction of sp³-hybridized carbons (Fsp3) is 0.176. The van der Waals surface area contributed by atoms with E-state index in [0.717, 1.165) is 22.3 Å². The van der Waals surface area contributed by atoms with E-state index in [-0.39, 0.29) is 0 Å². The molecule has 2 aromatic rings. The second kappa shape index (κ2) is 4.73. The van der Waals surface area contributed by atoms with E-state index in [1.54, 1.807) is 0 Å². The normalized spacial score (nSPS) is 14.4. The Morgan fingerprint density at radius 2 is 1.45 bits per heavy atom. The third kappa shape index (κ3) is 1.73. The first-order valence-corrected chi connectivity index (χ1v) is 6.24. The summed E-state index contributed by atoms with van der Waals surface area (Å²) >= 11 is 0. The molecule has 0 unspecified atom stereocenters. The summed E-state index contributed by atoms with van der Waals surface area (Å²) < 4.78 is 30.6. The topological polar surface area (TPSA) is 9.23 Å². The Hall–Kier alpha value is -2.18. The van der Waals surface area contributed by atoms with E-state index >= 15 is 0 Å². The van der Waals surface area contributed by atoms with Crippen LogP contribution in [0, 0.1) is 11.8 Å². The van der Waals surface area contributed by atoms with Crippen LogP contribution in [0.25, 0.3) is 11.1 Å². The summed E-state index contributed by atoms with van der Waals surface area (Å²) in [5, 5.41) is 0. The van der Waals surface area contributed by atoms with Crippen molar-refractivity contribution in [3.63, 3.8) is 0 Å². The van der Waals surface area contributed by atoms with Crippen molar-refractivity contribution in [3.8, 4) is 23.0 Å². The molecule has 0 aromatic heterocycles. The molecular formula is C17H12F2O. The molecule has 0 spiro atoms. The first kappa shape index (κ1) is 12.8. The number of alkyl halides is 2. The standard InChI is InChI=1S/C17H12F2O/c1-20-17(11-10-16(18)19)14-8-4-2-6-12(14)13-7-3-5-9-15(13)17/h2-9,16H,1H3. The van der Waals surface area contributed by atoms with Crippen LogP contribution in [0.1, 0.15) is 11.1 Å². The minimum absolute atomic E-state index is 0.817. The summed E-state index contributed by atoms with van der Waals surface area (Å²) in [6.07, 6.45) is -2.68. The average Bonchev–Trinajstić information content (AvgIpc) is 2.76. The maximum Gasteiger partial charge on any atom is 0.298 e. The van der Waals surface area contributed by atoms with Crippen molar-refractivity contribution in [3.05, 3.63) is 59.7 Å². The zero-order valence-electron chi connectivity index (χ0n) is 10.9. The molecule has 1 nitrogen and oxygen atoms in total. The van der Waals surface area contributed by atoms with Crippen molar-refractivity contribution in [1.82, 2.24) is 0 Å². The zero-order chi connectivity index (χ0) is 14.2. The van der Waals surface area contributed by atoms with Gasteiger partial charge in [-0.2, -0.15) is 8.78 Å². The molecule has 1 aliphatic carbocycles. The van der Waals surface area contributed by atoms with Crippen LogP contribution in [0.4, 0.5) is 8.78 Å². The monoisotopic (exact) mass is 270 g/mol. The van der Waals surface area contributed by atoms with E-state index < -0.39 is 12.0 Å². The van der Waals surface area contributed by atoms with Crippen molar-refractivity contribution in [2.75, 3.05) is 7.11 Å². The minimum atomic E-state index is -2.68. The van der Waals surface area contributed by atoms with Gasteiger partial charge in [-0.25, -0.2) is 0 Å². The number of ether oxygens (including phenoxy) is 1. The summed E-state index contributed by atoms with van der Waals surface area (Å²) in [6, 6.07) is 15.2. The van der Waals surface area contributed by atoms with Gasteiger partial charge in [0.2, 0.25) is 0 Å². The van der Waals surface area contributed by atoms with Crippen LogP contribution in [0.5, 0.6) is 0 Å². The summed E-state index contributed by atoms with van der Waals surface area (Å²) in [5.74, 6) is 4.59. The maximum atomic E-state index is 12.5. The minimum Gasteiger partial charge on any atom is -0.357 e. The third-order valence-electron chi connectivity index (χ3n) is 3.57. The maximum absolute atomic E-state index is 12.5. The van der Waals surface area contributed by atoms with Crippen LogP contribution < -0.4 is 0 Å². The van der Waals surface area contributed by atoms with Gasteiger partial charge in [0.25, 0.3) is 6.43 Å². The van der Waals surface area contributed by atoms with Gasteiger partial charge in [-0.15, -0.1) is 0 Å². The number of hydrogen-bond acceptors (Lipinski definition) is 1. The van der Waals surface area contributed by atoms with Crippen molar-refractivity contribution >= 4 is 0 Å². The summed E-state index contributed by atoms with van der Waals surface area (Å²) in [6.45, 7) is 0. The predicted molar refractivity (Wildman–Crippen MR) is 73.4 cm³/mol. The van der Waals surface area contributed by atoms with Gasteiger partial charge >= 0.3 is 0 Å². The van der Waals surface area contributed by atoms with E-state index in [1.165, 1.54) is 7.11 Å². The Labute approximate surface area is 116 Å². The van der Waals surface area contributed by atoms with Gasteiger partial charge in [-0.05, 0) is 17.0 Å². The fourth-order valence-electron chi connectivity index (χ4n) is 2.76. The summed E-state index contributed by atoms with van der Waals surface area (Å²) in [5.41, 5.74) is 2.49. The highest BCUT2D eigenvalue weighted by Crippen LogP contribution is 2.48. The molecule has 0 fully saturated rings. The molecule has 0 bridgehead atoms. The Kier molecular flexibility index (Phi) is 3.04. The van der Waals surface area contributed by atoms with Crippen molar-refractivity contribution in [2.45, 2.75) is 12.0 Å². The molecule has 0 saturated carbocycles. The summed E-state index contributed by atoms with van der Waals surface area (Å²) in [7, 11) is 1.50. The average molecular weight is 270 g/mol. The Bertz CT molecular complexity index is 665. The lowest BCUT2D eigenvalue weighted by molar-refractivity contribution is 0.0774. The smallest absolute Gasteiger partial charge is 0.298 e. The van der Waals surface area contributed by atoms with Crippen LogP contribution >= 0.6 is 0 Å².